The zero-order valence-corrected chi connectivity index (χ0v) is 22.0. The average Bonchev–Trinajstić information content (AvgIpc) is 3.63. The zero-order valence-electron chi connectivity index (χ0n) is 21.2. The molecule has 0 spiro atoms. The van der Waals surface area contributed by atoms with Gasteiger partial charge in [-0.2, -0.15) is 0 Å². The number of rotatable bonds is 6. The van der Waals surface area contributed by atoms with E-state index in [2.05, 4.69) is 39.0 Å². The fraction of sp³-hybridized carbons (Fsp3) is 0.233. The highest BCUT2D eigenvalue weighted by molar-refractivity contribution is 6.34. The van der Waals surface area contributed by atoms with Crippen molar-refractivity contribution < 1.29 is 14.0 Å². The first kappa shape index (κ1) is 23.9. The fourth-order valence-corrected chi connectivity index (χ4v) is 5.70. The number of hydrogen-bond donors (Lipinski definition) is 1. The Morgan fingerprint density at radius 3 is 2.79 bits per heavy atom. The summed E-state index contributed by atoms with van der Waals surface area (Å²) in [6.07, 6.45) is 2.06. The molecule has 0 amide bonds. The van der Waals surface area contributed by atoms with Crippen LogP contribution >= 0.6 is 11.6 Å². The molecule has 2 aliphatic rings. The van der Waals surface area contributed by atoms with Crippen LogP contribution in [-0.4, -0.2) is 26.8 Å². The number of hydrogen-bond acceptors (Lipinski definition) is 6. The number of allylic oxidation sites excluding steroid dienone is 1. The summed E-state index contributed by atoms with van der Waals surface area (Å²) in [4.78, 5) is 19.5. The number of benzene rings is 3. The lowest BCUT2D eigenvalue weighted by Crippen LogP contribution is -2.08. The number of imidazole rings is 1. The maximum absolute atomic E-state index is 11.9. The lowest BCUT2D eigenvalue weighted by Gasteiger charge is -2.16. The molecule has 5 aromatic rings. The molecule has 0 unspecified atom stereocenters. The minimum absolute atomic E-state index is 0.290. The van der Waals surface area contributed by atoms with Crippen molar-refractivity contribution in [3.63, 3.8) is 0 Å². The van der Waals surface area contributed by atoms with Gasteiger partial charge >= 0.3 is 5.76 Å². The van der Waals surface area contributed by atoms with Gasteiger partial charge in [0.2, 0.25) is 0 Å². The lowest BCUT2D eigenvalue weighted by atomic mass is 9.87. The Labute approximate surface area is 228 Å². The second-order valence-corrected chi connectivity index (χ2v) is 10.3. The van der Waals surface area contributed by atoms with E-state index in [4.69, 9.17) is 30.6 Å². The SMILES string of the molecule is COCc1nc2c(Cl)cccc2n1Cc1ccc2c(c1)COc1ccccc1/C2=C(/c1noc(=O)[nH]1)C1CC1. The Morgan fingerprint density at radius 2 is 2.00 bits per heavy atom. The van der Waals surface area contributed by atoms with Crippen molar-refractivity contribution in [1.29, 1.82) is 0 Å². The van der Waals surface area contributed by atoms with E-state index in [1.165, 1.54) is 0 Å². The van der Waals surface area contributed by atoms with Gasteiger partial charge in [-0.15, -0.1) is 0 Å². The first-order valence-corrected chi connectivity index (χ1v) is 13.3. The van der Waals surface area contributed by atoms with Gasteiger partial charge in [-0.3, -0.25) is 9.51 Å². The minimum atomic E-state index is -0.558. The van der Waals surface area contributed by atoms with Crippen molar-refractivity contribution in [2.24, 2.45) is 5.92 Å². The average molecular weight is 541 g/mol. The maximum atomic E-state index is 11.9. The number of nitrogens with zero attached hydrogens (tertiary/aromatic N) is 3. The quantitative estimate of drug-likeness (QED) is 0.291. The van der Waals surface area contributed by atoms with Crippen LogP contribution in [0.15, 0.2) is 70.0 Å². The summed E-state index contributed by atoms with van der Waals surface area (Å²) in [7, 11) is 1.66. The van der Waals surface area contributed by atoms with Gasteiger partial charge in [0.05, 0.1) is 10.5 Å². The van der Waals surface area contributed by atoms with Crippen LogP contribution < -0.4 is 10.5 Å². The molecule has 3 heterocycles. The lowest BCUT2D eigenvalue weighted by molar-refractivity contribution is 0.175. The van der Waals surface area contributed by atoms with Crippen LogP contribution in [0.5, 0.6) is 5.75 Å². The van der Waals surface area contributed by atoms with Gasteiger partial charge in [-0.05, 0) is 59.7 Å². The molecule has 0 radical (unpaired) electrons. The second-order valence-electron chi connectivity index (χ2n) is 9.94. The first-order valence-electron chi connectivity index (χ1n) is 12.9. The highest BCUT2D eigenvalue weighted by Gasteiger charge is 2.35. The van der Waals surface area contributed by atoms with Crippen LogP contribution in [0.1, 0.15) is 46.7 Å². The molecule has 196 valence electrons. The first-order chi connectivity index (χ1) is 19.1. The summed E-state index contributed by atoms with van der Waals surface area (Å²) in [6, 6.07) is 20.3. The molecule has 9 heteroatoms. The van der Waals surface area contributed by atoms with Gasteiger partial charge < -0.3 is 14.0 Å². The fourth-order valence-electron chi connectivity index (χ4n) is 5.49. The number of nitrogens with one attached hydrogen (secondary N) is 1. The number of fused-ring (bicyclic) bond motifs is 3. The minimum Gasteiger partial charge on any atom is -0.488 e. The molecule has 0 bridgehead atoms. The highest BCUT2D eigenvalue weighted by atomic mass is 35.5. The molecule has 0 saturated heterocycles. The van der Waals surface area contributed by atoms with E-state index in [0.29, 0.717) is 30.6 Å². The van der Waals surface area contributed by atoms with Gasteiger partial charge in [0.1, 0.15) is 30.3 Å². The van der Waals surface area contributed by atoms with Crippen LogP contribution in [0.25, 0.3) is 22.2 Å². The predicted molar refractivity (Wildman–Crippen MR) is 148 cm³/mol. The van der Waals surface area contributed by atoms with E-state index in [0.717, 1.165) is 68.8 Å². The summed E-state index contributed by atoms with van der Waals surface area (Å²) in [5, 5.41) is 4.70. The van der Waals surface area contributed by atoms with Gasteiger partial charge in [0, 0.05) is 30.4 Å². The number of para-hydroxylation sites is 2. The van der Waals surface area contributed by atoms with Crippen LogP contribution in [0.3, 0.4) is 0 Å². The summed E-state index contributed by atoms with van der Waals surface area (Å²) >= 11 is 6.46. The summed E-state index contributed by atoms with van der Waals surface area (Å²) in [6.45, 7) is 1.39. The molecule has 1 aliphatic carbocycles. The summed E-state index contributed by atoms with van der Waals surface area (Å²) in [5.74, 6) is 1.82. The number of aromatic amines is 1. The van der Waals surface area contributed by atoms with Crippen LogP contribution in [-0.2, 0) is 24.5 Å². The molecular formula is C30H25ClN4O4. The van der Waals surface area contributed by atoms with Crippen LogP contribution in [0.2, 0.25) is 5.02 Å². The number of H-pyrrole nitrogens is 1. The maximum Gasteiger partial charge on any atom is 0.439 e. The standard InChI is InChI=1S/C30H25ClN4O4/c1-37-16-25-32-28-22(31)6-4-7-23(28)35(25)14-17-9-12-20-19(13-17)15-38-24-8-3-2-5-21(24)27(20)26(18-10-11-18)29-33-30(36)39-34-29/h2-9,12-13,18H,10-11,14-16H2,1H3,(H,33,34,36)/b27-26+. The van der Waals surface area contributed by atoms with Crippen molar-refractivity contribution in [2.45, 2.75) is 32.6 Å². The third-order valence-electron chi connectivity index (χ3n) is 7.35. The number of ether oxygens (including phenoxy) is 2. The van der Waals surface area contributed by atoms with Crippen molar-refractivity contribution in [3.8, 4) is 5.75 Å². The monoisotopic (exact) mass is 540 g/mol. The molecule has 8 nitrogen and oxygen atoms in total. The summed E-state index contributed by atoms with van der Waals surface area (Å²) in [5.41, 5.74) is 7.93. The van der Waals surface area contributed by atoms with E-state index in [1.807, 2.05) is 36.4 Å². The van der Waals surface area contributed by atoms with E-state index in [1.54, 1.807) is 7.11 Å². The number of methoxy groups -OCH3 is 1. The van der Waals surface area contributed by atoms with Crippen LogP contribution in [0, 0.1) is 5.92 Å². The van der Waals surface area contributed by atoms with E-state index in [-0.39, 0.29) is 5.92 Å². The van der Waals surface area contributed by atoms with Gasteiger partial charge in [-0.25, -0.2) is 9.78 Å². The second kappa shape index (κ2) is 9.55. The molecule has 1 N–H and O–H groups in total. The van der Waals surface area contributed by atoms with E-state index in [9.17, 15) is 4.79 Å². The zero-order chi connectivity index (χ0) is 26.5. The molecule has 1 aliphatic heterocycles. The summed E-state index contributed by atoms with van der Waals surface area (Å²) < 4.78 is 18.8. The molecule has 1 fully saturated rings. The molecule has 3 aromatic carbocycles. The third kappa shape index (κ3) is 4.26. The van der Waals surface area contributed by atoms with Crippen LogP contribution in [0.4, 0.5) is 0 Å². The number of aromatic nitrogens is 4. The van der Waals surface area contributed by atoms with Crippen molar-refractivity contribution >= 4 is 33.8 Å². The Bertz CT molecular complexity index is 1810. The molecule has 39 heavy (non-hydrogen) atoms. The molecular weight excluding hydrogens is 516 g/mol. The number of halogens is 1. The van der Waals surface area contributed by atoms with E-state index >= 15 is 0 Å². The Balaban J connectivity index is 1.38. The van der Waals surface area contributed by atoms with Crippen molar-refractivity contribution in [1.82, 2.24) is 19.7 Å². The van der Waals surface area contributed by atoms with Gasteiger partial charge in [-0.1, -0.05) is 53.2 Å². The Hall–Kier alpha value is -4.14. The Kier molecular flexibility index (Phi) is 5.86. The van der Waals surface area contributed by atoms with Crippen molar-refractivity contribution in [2.75, 3.05) is 7.11 Å². The molecule has 0 atom stereocenters. The Morgan fingerprint density at radius 1 is 1.13 bits per heavy atom. The molecule has 2 aromatic heterocycles. The molecule has 7 rings (SSSR count). The predicted octanol–water partition coefficient (Wildman–Crippen LogP) is 5.82. The highest BCUT2D eigenvalue weighted by Crippen LogP contribution is 2.49. The van der Waals surface area contributed by atoms with Gasteiger partial charge in [0.25, 0.3) is 0 Å². The van der Waals surface area contributed by atoms with Crippen molar-refractivity contribution in [3.05, 3.63) is 110 Å². The normalized spacial score (nSPS) is 15.9. The topological polar surface area (TPSA) is 95.2 Å². The molecule has 1 saturated carbocycles. The third-order valence-corrected chi connectivity index (χ3v) is 7.66. The smallest absolute Gasteiger partial charge is 0.439 e. The largest absolute Gasteiger partial charge is 0.488 e. The van der Waals surface area contributed by atoms with Gasteiger partial charge in [0.15, 0.2) is 5.82 Å². The van der Waals surface area contributed by atoms with E-state index < -0.39 is 5.76 Å².